The second-order valence-electron chi connectivity index (χ2n) is 7.15. The van der Waals surface area contributed by atoms with Gasteiger partial charge < -0.3 is 9.84 Å². The van der Waals surface area contributed by atoms with Crippen LogP contribution in [0.15, 0.2) is 10.9 Å². The number of hydrogen-bond donors (Lipinski definition) is 1. The van der Waals surface area contributed by atoms with Gasteiger partial charge in [-0.1, -0.05) is 58.3 Å². The average molecular weight is 352 g/mol. The molecule has 0 unspecified atom stereocenters. The number of rotatable bonds is 12. The molecule has 1 aromatic rings. The largest absolute Gasteiger partial charge is 0.494 e. The van der Waals surface area contributed by atoms with Crippen molar-refractivity contribution in [2.45, 2.75) is 84.1 Å². The molecule has 0 atom stereocenters. The molecule has 0 saturated heterocycles. The highest BCUT2D eigenvalue weighted by atomic mass is 16.5. The Labute approximate surface area is 150 Å². The van der Waals surface area contributed by atoms with Crippen LogP contribution < -0.4 is 10.3 Å². The van der Waals surface area contributed by atoms with Gasteiger partial charge in [0, 0.05) is 6.07 Å². The normalized spacial score (nSPS) is 11.5. The summed E-state index contributed by atoms with van der Waals surface area (Å²) < 4.78 is 6.23. The predicted octanol–water partition coefficient (Wildman–Crippen LogP) is 4.22. The molecule has 142 valence electrons. The van der Waals surface area contributed by atoms with Crippen LogP contribution in [0.5, 0.6) is 5.75 Å². The third kappa shape index (κ3) is 6.52. The summed E-state index contributed by atoms with van der Waals surface area (Å²) in [5.41, 5.74) is -1.10. The molecule has 1 aromatic heterocycles. The van der Waals surface area contributed by atoms with E-state index in [4.69, 9.17) is 4.74 Å². The van der Waals surface area contributed by atoms with Crippen LogP contribution in [0.25, 0.3) is 0 Å². The monoisotopic (exact) mass is 352 g/mol. The van der Waals surface area contributed by atoms with E-state index in [1.54, 1.807) is 0 Å². The molecule has 1 N–H and O–H groups in total. The molecule has 25 heavy (non-hydrogen) atoms. The zero-order valence-corrected chi connectivity index (χ0v) is 16.0. The second kappa shape index (κ2) is 10.2. The standard InChI is InChI=1S/C19H32N2O4/c1-5-6-7-8-9-10-11-12-13-19(2,3)21-16(22)14-15(25-4)17(20-21)18(23)24/h14H,5-13H2,1-4H3,(H,23,24). The molecule has 0 aromatic carbocycles. The maximum absolute atomic E-state index is 12.3. The summed E-state index contributed by atoms with van der Waals surface area (Å²) in [5.74, 6) is -1.20. The van der Waals surface area contributed by atoms with E-state index in [0.29, 0.717) is 0 Å². The SMILES string of the molecule is CCCCCCCCCCC(C)(C)n1nc(C(=O)O)c(OC)cc1=O. The Balaban J connectivity index is 2.64. The van der Waals surface area contributed by atoms with E-state index >= 15 is 0 Å². The van der Waals surface area contributed by atoms with Crippen molar-refractivity contribution in [1.29, 1.82) is 0 Å². The highest BCUT2D eigenvalue weighted by molar-refractivity contribution is 5.88. The van der Waals surface area contributed by atoms with Gasteiger partial charge in [-0.25, -0.2) is 9.48 Å². The number of aromatic carboxylic acids is 1. The molecular weight excluding hydrogens is 320 g/mol. The minimum absolute atomic E-state index is 0.00312. The Hall–Kier alpha value is -1.85. The smallest absolute Gasteiger partial charge is 0.360 e. The van der Waals surface area contributed by atoms with Crippen LogP contribution in [-0.4, -0.2) is 28.0 Å². The summed E-state index contributed by atoms with van der Waals surface area (Å²) in [5, 5.41) is 13.3. The number of carboxylic acid groups (broad SMARTS) is 1. The fourth-order valence-corrected chi connectivity index (χ4v) is 2.98. The molecule has 0 bridgehead atoms. The summed E-state index contributed by atoms with van der Waals surface area (Å²) in [6.07, 6.45) is 10.5. The number of ether oxygens (including phenoxy) is 1. The molecule has 1 rings (SSSR count). The zero-order valence-electron chi connectivity index (χ0n) is 16.0. The number of carbonyl (C=O) groups is 1. The lowest BCUT2D eigenvalue weighted by Crippen LogP contribution is -2.39. The first-order valence-corrected chi connectivity index (χ1v) is 9.25. The third-order valence-electron chi connectivity index (χ3n) is 4.53. The zero-order chi connectivity index (χ0) is 18.9. The lowest BCUT2D eigenvalue weighted by atomic mass is 9.96. The van der Waals surface area contributed by atoms with Gasteiger partial charge in [-0.3, -0.25) is 4.79 Å². The van der Waals surface area contributed by atoms with Crippen molar-refractivity contribution in [2.24, 2.45) is 0 Å². The number of methoxy groups -OCH3 is 1. The topological polar surface area (TPSA) is 81.4 Å². The van der Waals surface area contributed by atoms with Crippen molar-refractivity contribution in [2.75, 3.05) is 7.11 Å². The van der Waals surface area contributed by atoms with Crippen LogP contribution in [0.4, 0.5) is 0 Å². The van der Waals surface area contributed by atoms with E-state index in [9.17, 15) is 14.7 Å². The van der Waals surface area contributed by atoms with Crippen molar-refractivity contribution >= 4 is 5.97 Å². The maximum Gasteiger partial charge on any atom is 0.360 e. The summed E-state index contributed by atoms with van der Waals surface area (Å²) in [6.45, 7) is 6.05. The van der Waals surface area contributed by atoms with Gasteiger partial charge in [0.1, 0.15) is 0 Å². The number of aromatic nitrogens is 2. The summed E-state index contributed by atoms with van der Waals surface area (Å²) in [7, 11) is 1.33. The first-order valence-electron chi connectivity index (χ1n) is 9.25. The van der Waals surface area contributed by atoms with Crippen LogP contribution in [0.2, 0.25) is 0 Å². The van der Waals surface area contributed by atoms with Crippen molar-refractivity contribution < 1.29 is 14.6 Å². The van der Waals surface area contributed by atoms with Crippen LogP contribution in [0.1, 0.15) is 89.0 Å². The minimum atomic E-state index is -1.20. The summed E-state index contributed by atoms with van der Waals surface area (Å²) in [4.78, 5) is 23.6. The average Bonchev–Trinajstić information content (AvgIpc) is 2.56. The molecule has 0 aliphatic heterocycles. The van der Waals surface area contributed by atoms with E-state index in [0.717, 1.165) is 19.3 Å². The molecule has 6 nitrogen and oxygen atoms in total. The van der Waals surface area contributed by atoms with Crippen molar-refractivity contribution in [3.05, 3.63) is 22.1 Å². The molecule has 6 heteroatoms. The lowest BCUT2D eigenvalue weighted by molar-refractivity contribution is 0.0680. The Bertz CT molecular complexity index is 608. The quantitative estimate of drug-likeness (QED) is 0.570. The Kier molecular flexibility index (Phi) is 8.66. The van der Waals surface area contributed by atoms with Gasteiger partial charge in [0.2, 0.25) is 5.69 Å². The van der Waals surface area contributed by atoms with Gasteiger partial charge in [0.15, 0.2) is 5.75 Å². The van der Waals surface area contributed by atoms with Gasteiger partial charge in [-0.05, 0) is 20.3 Å². The second-order valence-corrected chi connectivity index (χ2v) is 7.15. The molecule has 0 fully saturated rings. The highest BCUT2D eigenvalue weighted by Gasteiger charge is 2.26. The van der Waals surface area contributed by atoms with Crippen molar-refractivity contribution in [3.8, 4) is 5.75 Å². The van der Waals surface area contributed by atoms with Gasteiger partial charge >= 0.3 is 5.97 Å². The number of carboxylic acids is 1. The van der Waals surface area contributed by atoms with Gasteiger partial charge in [-0.2, -0.15) is 5.10 Å². The Morgan fingerprint density at radius 2 is 1.72 bits per heavy atom. The maximum atomic E-state index is 12.3. The third-order valence-corrected chi connectivity index (χ3v) is 4.53. The highest BCUT2D eigenvalue weighted by Crippen LogP contribution is 2.23. The molecule has 0 spiro atoms. The number of hydrogen-bond acceptors (Lipinski definition) is 4. The summed E-state index contributed by atoms with van der Waals surface area (Å²) in [6, 6.07) is 1.20. The van der Waals surface area contributed by atoms with Crippen LogP contribution in [0.3, 0.4) is 0 Å². The first-order chi connectivity index (χ1) is 11.8. The molecular formula is C19H32N2O4. The summed E-state index contributed by atoms with van der Waals surface area (Å²) >= 11 is 0. The number of unbranched alkanes of at least 4 members (excludes halogenated alkanes) is 7. The minimum Gasteiger partial charge on any atom is -0.494 e. The molecule has 0 aliphatic rings. The molecule has 0 amide bonds. The van der Waals surface area contributed by atoms with Crippen molar-refractivity contribution in [3.63, 3.8) is 0 Å². The van der Waals surface area contributed by atoms with Crippen molar-refractivity contribution in [1.82, 2.24) is 9.78 Å². The van der Waals surface area contributed by atoms with E-state index in [2.05, 4.69) is 12.0 Å². The predicted molar refractivity (Wildman–Crippen MR) is 98.6 cm³/mol. The molecule has 1 heterocycles. The lowest BCUT2D eigenvalue weighted by Gasteiger charge is -2.26. The van der Waals surface area contributed by atoms with Gasteiger partial charge in [0.25, 0.3) is 5.56 Å². The van der Waals surface area contributed by atoms with E-state index in [-0.39, 0.29) is 17.0 Å². The van der Waals surface area contributed by atoms with E-state index in [1.165, 1.54) is 56.4 Å². The van der Waals surface area contributed by atoms with E-state index < -0.39 is 11.5 Å². The molecule has 0 aliphatic carbocycles. The molecule has 0 radical (unpaired) electrons. The van der Waals surface area contributed by atoms with Crippen LogP contribution in [-0.2, 0) is 5.54 Å². The van der Waals surface area contributed by atoms with Crippen LogP contribution in [0, 0.1) is 0 Å². The molecule has 0 saturated carbocycles. The van der Waals surface area contributed by atoms with Gasteiger partial charge in [0.05, 0.1) is 12.6 Å². The number of nitrogens with zero attached hydrogens (tertiary/aromatic N) is 2. The Morgan fingerprint density at radius 1 is 1.16 bits per heavy atom. The fraction of sp³-hybridized carbons (Fsp3) is 0.737. The van der Waals surface area contributed by atoms with Crippen LogP contribution >= 0.6 is 0 Å². The Morgan fingerprint density at radius 3 is 2.24 bits per heavy atom. The van der Waals surface area contributed by atoms with Gasteiger partial charge in [-0.15, -0.1) is 0 Å². The fourth-order valence-electron chi connectivity index (χ4n) is 2.98. The first kappa shape index (κ1) is 21.2. The van der Waals surface area contributed by atoms with E-state index in [1.807, 2.05) is 13.8 Å².